The zero-order valence-electron chi connectivity index (χ0n) is 19.0. The normalized spacial score (nSPS) is 25.7. The molecule has 1 saturated carbocycles. The van der Waals surface area contributed by atoms with Gasteiger partial charge in [0.15, 0.2) is 0 Å². The Morgan fingerprint density at radius 1 is 0.611 bits per heavy atom. The summed E-state index contributed by atoms with van der Waals surface area (Å²) in [7, 11) is 0. The van der Waals surface area contributed by atoms with Crippen LogP contribution in [0.5, 0.6) is 11.5 Å². The van der Waals surface area contributed by atoms with E-state index in [1.807, 2.05) is 6.07 Å². The molecule has 7 heteroatoms. The van der Waals surface area contributed by atoms with Gasteiger partial charge in [-0.3, -0.25) is 19.2 Å². The topological polar surface area (TPSA) is 84.0 Å². The minimum absolute atomic E-state index is 0.142. The molecule has 0 N–H and O–H groups in total. The fourth-order valence-electron chi connectivity index (χ4n) is 6.07. The fourth-order valence-corrected chi connectivity index (χ4v) is 6.07. The molecule has 3 aromatic carbocycles. The van der Waals surface area contributed by atoms with Crippen molar-refractivity contribution in [2.24, 2.45) is 23.7 Å². The van der Waals surface area contributed by atoms with E-state index in [9.17, 15) is 19.2 Å². The van der Waals surface area contributed by atoms with E-state index in [0.29, 0.717) is 28.4 Å². The summed E-state index contributed by atoms with van der Waals surface area (Å²) in [6.45, 7) is 0. The van der Waals surface area contributed by atoms with Crippen LogP contribution >= 0.6 is 0 Å². The maximum atomic E-state index is 13.2. The third-order valence-electron chi connectivity index (χ3n) is 7.65. The highest BCUT2D eigenvalue weighted by Gasteiger charge is 2.59. The molecule has 0 aromatic heterocycles. The van der Waals surface area contributed by atoms with Crippen molar-refractivity contribution in [2.45, 2.75) is 6.42 Å². The number of carbonyl (C=O) groups excluding carboxylic acids is 4. The Morgan fingerprint density at radius 2 is 1.25 bits per heavy atom. The standard InChI is InChI=1S/C29H20N2O5/c32-26-22-12-11-21(15-23(22)27(33)30(26)18-5-2-1-3-6-18)36-20-8-4-7-19(14-20)31-28(34)24-16-9-10-17(13-16)25(24)29(31)35/h1-12,14-17,24-25H,13H2. The number of anilines is 2. The van der Waals surface area contributed by atoms with Crippen LogP contribution in [0.2, 0.25) is 0 Å². The van der Waals surface area contributed by atoms with Gasteiger partial charge in [-0.25, -0.2) is 9.80 Å². The molecule has 2 aliphatic heterocycles. The van der Waals surface area contributed by atoms with Gasteiger partial charge in [-0.05, 0) is 60.7 Å². The smallest absolute Gasteiger partial charge is 0.266 e. The van der Waals surface area contributed by atoms with Crippen LogP contribution < -0.4 is 14.5 Å². The molecule has 2 aliphatic carbocycles. The van der Waals surface area contributed by atoms with Crippen molar-refractivity contribution in [1.82, 2.24) is 0 Å². The number of allylic oxidation sites excluding steroid dienone is 2. The lowest BCUT2D eigenvalue weighted by Gasteiger charge is -2.18. The molecule has 36 heavy (non-hydrogen) atoms. The average Bonchev–Trinajstić information content (AvgIpc) is 3.63. The first-order valence-electron chi connectivity index (χ1n) is 11.9. The van der Waals surface area contributed by atoms with E-state index in [1.165, 1.54) is 4.90 Å². The summed E-state index contributed by atoms with van der Waals surface area (Å²) in [6, 6.07) is 20.4. The van der Waals surface area contributed by atoms with Crippen LogP contribution in [0.4, 0.5) is 11.4 Å². The molecule has 176 valence electrons. The summed E-state index contributed by atoms with van der Waals surface area (Å²) in [6.07, 6.45) is 5.02. The Balaban J connectivity index is 1.15. The lowest BCUT2D eigenvalue weighted by molar-refractivity contribution is -0.123. The second-order valence-corrected chi connectivity index (χ2v) is 9.60. The van der Waals surface area contributed by atoms with Crippen molar-refractivity contribution < 1.29 is 23.9 Å². The molecule has 1 saturated heterocycles. The Morgan fingerprint density at radius 3 is 1.97 bits per heavy atom. The lowest BCUT2D eigenvalue weighted by Crippen LogP contribution is -2.32. The number of imide groups is 2. The number of ether oxygens (including phenoxy) is 1. The van der Waals surface area contributed by atoms with Crippen molar-refractivity contribution in [3.8, 4) is 11.5 Å². The van der Waals surface area contributed by atoms with Crippen LogP contribution in [0, 0.1) is 23.7 Å². The Kier molecular flexibility index (Phi) is 4.33. The summed E-state index contributed by atoms with van der Waals surface area (Å²) in [4.78, 5) is 54.6. The molecule has 0 radical (unpaired) electrons. The summed E-state index contributed by atoms with van der Waals surface area (Å²) >= 11 is 0. The molecule has 4 amide bonds. The van der Waals surface area contributed by atoms with E-state index in [4.69, 9.17) is 4.74 Å². The average molecular weight is 476 g/mol. The highest BCUT2D eigenvalue weighted by molar-refractivity contribution is 6.34. The molecule has 2 heterocycles. The first-order chi connectivity index (χ1) is 17.5. The van der Waals surface area contributed by atoms with E-state index < -0.39 is 5.91 Å². The third-order valence-corrected chi connectivity index (χ3v) is 7.65. The van der Waals surface area contributed by atoms with E-state index in [1.54, 1.807) is 66.7 Å². The van der Waals surface area contributed by atoms with Gasteiger partial charge in [-0.2, -0.15) is 0 Å². The van der Waals surface area contributed by atoms with Crippen LogP contribution in [0.15, 0.2) is 84.9 Å². The molecule has 3 aromatic rings. The SMILES string of the molecule is O=C1c2ccc(Oc3cccc(N4C(=O)C5C6C=CC(C6)C5C4=O)c3)cc2C(=O)N1c1ccccc1. The lowest BCUT2D eigenvalue weighted by atomic mass is 9.85. The number of rotatable bonds is 4. The molecular formula is C29H20N2O5. The van der Waals surface area contributed by atoms with E-state index in [-0.39, 0.29) is 47.0 Å². The Labute approximate surface area is 206 Å². The number of hydrogen-bond donors (Lipinski definition) is 0. The number of benzene rings is 3. The number of carbonyl (C=O) groups is 4. The number of fused-ring (bicyclic) bond motifs is 6. The van der Waals surface area contributed by atoms with Crippen LogP contribution in [0.3, 0.4) is 0 Å². The van der Waals surface area contributed by atoms with Gasteiger partial charge in [0.05, 0.1) is 34.3 Å². The van der Waals surface area contributed by atoms with Gasteiger partial charge in [-0.1, -0.05) is 36.4 Å². The van der Waals surface area contributed by atoms with Gasteiger partial charge in [0.25, 0.3) is 11.8 Å². The third kappa shape index (κ3) is 2.86. The molecule has 2 fully saturated rings. The number of para-hydroxylation sites is 1. The second-order valence-electron chi connectivity index (χ2n) is 9.60. The minimum atomic E-state index is -0.413. The van der Waals surface area contributed by atoms with Crippen molar-refractivity contribution in [3.05, 3.63) is 96.1 Å². The highest BCUT2D eigenvalue weighted by atomic mass is 16.5. The quantitative estimate of drug-likeness (QED) is 0.406. The van der Waals surface area contributed by atoms with E-state index >= 15 is 0 Å². The molecule has 7 nitrogen and oxygen atoms in total. The van der Waals surface area contributed by atoms with E-state index in [0.717, 1.165) is 11.3 Å². The van der Waals surface area contributed by atoms with Crippen LogP contribution in [0.1, 0.15) is 27.1 Å². The fraction of sp³-hybridized carbons (Fsp3) is 0.172. The van der Waals surface area contributed by atoms with Crippen LogP contribution in [-0.4, -0.2) is 23.6 Å². The number of hydrogen-bond acceptors (Lipinski definition) is 5. The van der Waals surface area contributed by atoms with Crippen molar-refractivity contribution in [3.63, 3.8) is 0 Å². The maximum absolute atomic E-state index is 13.2. The Hall–Kier alpha value is -4.52. The summed E-state index contributed by atoms with van der Waals surface area (Å²) in [5.41, 5.74) is 1.55. The van der Waals surface area contributed by atoms with Gasteiger partial charge in [0.2, 0.25) is 11.8 Å². The second kappa shape index (κ2) is 7.49. The maximum Gasteiger partial charge on any atom is 0.266 e. The molecule has 4 unspecified atom stereocenters. The largest absolute Gasteiger partial charge is 0.457 e. The molecule has 7 rings (SSSR count). The predicted octanol–water partition coefficient (Wildman–Crippen LogP) is 4.59. The predicted molar refractivity (Wildman–Crippen MR) is 131 cm³/mol. The zero-order valence-corrected chi connectivity index (χ0v) is 19.0. The van der Waals surface area contributed by atoms with Crippen molar-refractivity contribution in [2.75, 3.05) is 9.80 Å². The molecule has 4 atom stereocenters. The monoisotopic (exact) mass is 476 g/mol. The van der Waals surface area contributed by atoms with Crippen LogP contribution in [0.25, 0.3) is 0 Å². The van der Waals surface area contributed by atoms with E-state index in [2.05, 4.69) is 12.2 Å². The van der Waals surface area contributed by atoms with Gasteiger partial charge < -0.3 is 4.74 Å². The Bertz CT molecular complexity index is 1480. The van der Waals surface area contributed by atoms with Gasteiger partial charge in [0.1, 0.15) is 11.5 Å². The molecular weight excluding hydrogens is 456 g/mol. The number of nitrogens with zero attached hydrogens (tertiary/aromatic N) is 2. The van der Waals surface area contributed by atoms with Crippen molar-refractivity contribution in [1.29, 1.82) is 0 Å². The summed E-state index contributed by atoms with van der Waals surface area (Å²) < 4.78 is 6.00. The zero-order chi connectivity index (χ0) is 24.6. The first-order valence-corrected chi connectivity index (χ1v) is 11.9. The molecule has 0 spiro atoms. The van der Waals surface area contributed by atoms with Gasteiger partial charge in [0, 0.05) is 6.07 Å². The highest BCUT2D eigenvalue weighted by Crippen LogP contribution is 2.53. The van der Waals surface area contributed by atoms with Crippen LogP contribution in [-0.2, 0) is 9.59 Å². The minimum Gasteiger partial charge on any atom is -0.457 e. The summed E-state index contributed by atoms with van der Waals surface area (Å²) in [5.74, 6) is -0.564. The van der Waals surface area contributed by atoms with Crippen molar-refractivity contribution >= 4 is 35.0 Å². The van der Waals surface area contributed by atoms with Gasteiger partial charge >= 0.3 is 0 Å². The molecule has 4 aliphatic rings. The summed E-state index contributed by atoms with van der Waals surface area (Å²) in [5, 5.41) is 0. The number of amides is 4. The first kappa shape index (κ1) is 20.8. The molecule has 2 bridgehead atoms. The van der Waals surface area contributed by atoms with Gasteiger partial charge in [-0.15, -0.1) is 0 Å².